The van der Waals surface area contributed by atoms with Crippen molar-refractivity contribution in [2.75, 3.05) is 19.8 Å². The number of carbonyl (C=O) groups excluding carboxylic acids is 1. The minimum atomic E-state index is -1.79. The van der Waals surface area contributed by atoms with Gasteiger partial charge in [0.2, 0.25) is 5.91 Å². The van der Waals surface area contributed by atoms with Crippen molar-refractivity contribution in [3.8, 4) is 0 Å². The van der Waals surface area contributed by atoms with Crippen LogP contribution in [0.4, 0.5) is 0 Å². The second kappa shape index (κ2) is 39.2. The van der Waals surface area contributed by atoms with E-state index >= 15 is 0 Å². The molecule has 2 fully saturated rings. The molecular weight excluding hydrogens is 847 g/mol. The molecule has 0 saturated carbocycles. The Bertz CT molecular complexity index is 1210. The van der Waals surface area contributed by atoms with Crippen LogP contribution in [0.3, 0.4) is 0 Å². The molecule has 2 aliphatic rings. The smallest absolute Gasteiger partial charge is 0.220 e. The van der Waals surface area contributed by atoms with E-state index < -0.39 is 86.8 Å². The second-order valence-corrected chi connectivity index (χ2v) is 19.0. The largest absolute Gasteiger partial charge is 0.394 e. The Morgan fingerprint density at radius 3 is 1.48 bits per heavy atom. The molecule has 2 heterocycles. The first-order chi connectivity index (χ1) is 32.1. The van der Waals surface area contributed by atoms with Gasteiger partial charge in [0.1, 0.15) is 48.8 Å². The lowest BCUT2D eigenvalue weighted by Gasteiger charge is -2.46. The van der Waals surface area contributed by atoms with Crippen molar-refractivity contribution in [3.63, 3.8) is 0 Å². The van der Waals surface area contributed by atoms with E-state index in [-0.39, 0.29) is 18.9 Å². The van der Waals surface area contributed by atoms with Gasteiger partial charge in [-0.3, -0.25) is 4.79 Å². The van der Waals surface area contributed by atoms with Gasteiger partial charge in [-0.2, -0.15) is 0 Å². The Labute approximate surface area is 398 Å². The second-order valence-electron chi connectivity index (χ2n) is 19.0. The zero-order chi connectivity index (χ0) is 48.2. The van der Waals surface area contributed by atoms with Crippen LogP contribution < -0.4 is 5.32 Å². The molecule has 0 aromatic rings. The van der Waals surface area contributed by atoms with Crippen molar-refractivity contribution in [3.05, 3.63) is 24.3 Å². The highest BCUT2D eigenvalue weighted by Crippen LogP contribution is 2.30. The van der Waals surface area contributed by atoms with Crippen molar-refractivity contribution in [2.45, 2.75) is 280 Å². The van der Waals surface area contributed by atoms with E-state index in [0.29, 0.717) is 12.8 Å². The number of carbonyl (C=O) groups is 1. The van der Waals surface area contributed by atoms with Crippen LogP contribution in [-0.4, -0.2) is 140 Å². The number of unbranched alkanes of at least 4 members (excludes halogenated alkanes) is 26. The molecule has 12 atom stereocenters. The maximum Gasteiger partial charge on any atom is 0.220 e. The molecule has 0 aromatic carbocycles. The van der Waals surface area contributed by atoms with Crippen molar-refractivity contribution >= 4 is 5.91 Å². The summed E-state index contributed by atoms with van der Waals surface area (Å²) in [7, 11) is 0. The molecule has 0 aliphatic carbocycles. The summed E-state index contributed by atoms with van der Waals surface area (Å²) in [5, 5.41) is 86.7. The monoisotopic (exact) mass is 944 g/mol. The molecule has 2 aliphatic heterocycles. The number of nitrogens with one attached hydrogen (secondary N) is 1. The van der Waals surface area contributed by atoms with Crippen molar-refractivity contribution < 1.29 is 64.6 Å². The molecule has 66 heavy (non-hydrogen) atoms. The zero-order valence-corrected chi connectivity index (χ0v) is 41.2. The number of allylic oxidation sites excluding steroid dienone is 3. The summed E-state index contributed by atoms with van der Waals surface area (Å²) in [6.07, 6.45) is 26.5. The molecule has 14 heteroatoms. The minimum absolute atomic E-state index is 0.248. The molecule has 14 nitrogen and oxygen atoms in total. The molecule has 0 spiro atoms. The van der Waals surface area contributed by atoms with Gasteiger partial charge in [-0.15, -0.1) is 0 Å². The fourth-order valence-corrected chi connectivity index (χ4v) is 8.78. The van der Waals surface area contributed by atoms with E-state index in [4.69, 9.17) is 18.9 Å². The normalized spacial score (nSPS) is 26.9. The van der Waals surface area contributed by atoms with Gasteiger partial charge >= 0.3 is 0 Å². The quantitative estimate of drug-likeness (QED) is 0.0216. The highest BCUT2D eigenvalue weighted by Gasteiger charge is 2.51. The van der Waals surface area contributed by atoms with Gasteiger partial charge in [-0.05, 0) is 32.1 Å². The van der Waals surface area contributed by atoms with Crippen LogP contribution in [0.15, 0.2) is 24.3 Å². The first-order valence-corrected chi connectivity index (χ1v) is 26.6. The number of hydrogen-bond acceptors (Lipinski definition) is 13. The van der Waals surface area contributed by atoms with Gasteiger partial charge in [0, 0.05) is 6.42 Å². The lowest BCUT2D eigenvalue weighted by Crippen LogP contribution is -2.65. The summed E-state index contributed by atoms with van der Waals surface area (Å²) < 4.78 is 22.7. The van der Waals surface area contributed by atoms with Gasteiger partial charge < -0.3 is 65.1 Å². The third-order valence-corrected chi connectivity index (χ3v) is 13.1. The highest BCUT2D eigenvalue weighted by atomic mass is 16.7. The van der Waals surface area contributed by atoms with Gasteiger partial charge in [-0.25, -0.2) is 0 Å². The average Bonchev–Trinajstić information content (AvgIpc) is 3.31. The first-order valence-electron chi connectivity index (χ1n) is 26.6. The van der Waals surface area contributed by atoms with Gasteiger partial charge in [0.25, 0.3) is 0 Å². The van der Waals surface area contributed by atoms with Crippen LogP contribution in [0.1, 0.15) is 206 Å². The summed E-state index contributed by atoms with van der Waals surface area (Å²) in [4.78, 5) is 13.2. The van der Waals surface area contributed by atoms with Gasteiger partial charge in [-0.1, -0.05) is 192 Å². The summed E-state index contributed by atoms with van der Waals surface area (Å²) in [6.45, 7) is 2.77. The lowest BCUT2D eigenvalue weighted by atomic mass is 9.97. The van der Waals surface area contributed by atoms with E-state index in [9.17, 15) is 45.6 Å². The third kappa shape index (κ3) is 25.9. The van der Waals surface area contributed by atoms with Crippen molar-refractivity contribution in [1.29, 1.82) is 0 Å². The summed E-state index contributed by atoms with van der Waals surface area (Å²) >= 11 is 0. The molecule has 2 rings (SSSR count). The Morgan fingerprint density at radius 2 is 0.970 bits per heavy atom. The molecule has 0 bridgehead atoms. The molecular formula is C52H97NO13. The van der Waals surface area contributed by atoms with Crippen molar-refractivity contribution in [2.24, 2.45) is 0 Å². The fourth-order valence-electron chi connectivity index (χ4n) is 8.78. The topological polar surface area (TPSA) is 228 Å². The van der Waals surface area contributed by atoms with Crippen LogP contribution in [-0.2, 0) is 23.7 Å². The van der Waals surface area contributed by atoms with Crippen molar-refractivity contribution in [1.82, 2.24) is 5.32 Å². The van der Waals surface area contributed by atoms with Gasteiger partial charge in [0.05, 0.1) is 32.0 Å². The van der Waals surface area contributed by atoms with Crippen LogP contribution >= 0.6 is 0 Å². The predicted molar refractivity (Wildman–Crippen MR) is 258 cm³/mol. The Morgan fingerprint density at radius 1 is 0.530 bits per heavy atom. The third-order valence-electron chi connectivity index (χ3n) is 13.1. The van der Waals surface area contributed by atoms with E-state index in [1.807, 2.05) is 6.08 Å². The number of aliphatic hydroxyl groups is 8. The maximum absolute atomic E-state index is 13.2. The van der Waals surface area contributed by atoms with E-state index in [1.165, 1.54) is 141 Å². The number of aliphatic hydroxyl groups excluding tert-OH is 8. The number of hydrogen-bond donors (Lipinski definition) is 9. The molecule has 12 unspecified atom stereocenters. The number of ether oxygens (including phenoxy) is 4. The van der Waals surface area contributed by atoms with Crippen LogP contribution in [0.2, 0.25) is 0 Å². The fraction of sp³-hybridized carbons (Fsp3) is 0.904. The van der Waals surface area contributed by atoms with E-state index in [2.05, 4.69) is 31.3 Å². The lowest BCUT2D eigenvalue weighted by molar-refractivity contribution is -0.359. The van der Waals surface area contributed by atoms with Crippen LogP contribution in [0.25, 0.3) is 0 Å². The summed E-state index contributed by atoms with van der Waals surface area (Å²) in [5.74, 6) is -0.248. The Kier molecular flexibility index (Phi) is 36.0. The van der Waals surface area contributed by atoms with Crippen LogP contribution in [0.5, 0.6) is 0 Å². The Hall–Kier alpha value is -1.53. The summed E-state index contributed by atoms with van der Waals surface area (Å²) in [5.41, 5.74) is 0. The Balaban J connectivity index is 1.82. The maximum atomic E-state index is 13.2. The molecule has 0 radical (unpaired) electrons. The molecule has 388 valence electrons. The van der Waals surface area contributed by atoms with Gasteiger partial charge in [0.15, 0.2) is 12.6 Å². The minimum Gasteiger partial charge on any atom is -0.394 e. The molecule has 2 saturated heterocycles. The standard InChI is InChI=1S/C52H97NO13/c1-3-5-7-9-11-13-15-17-18-19-20-21-22-24-26-28-30-32-34-36-44(57)53-40(41(56)35-33-31-29-27-25-23-16-14-12-10-8-6-4-2)39-63-51-49(62)47(60)50(43(38-55)65-51)66-52-48(61)46(59)45(58)42(37-54)64-52/h25,27,33,35,40-43,45-52,54-56,58-62H,3-24,26,28-32,34,36-39H2,1-2H3,(H,53,57)/b27-25+,35-33+. The zero-order valence-electron chi connectivity index (χ0n) is 41.2. The summed E-state index contributed by atoms with van der Waals surface area (Å²) in [6, 6.07) is -0.925. The van der Waals surface area contributed by atoms with Crippen LogP contribution in [0, 0.1) is 0 Å². The van der Waals surface area contributed by atoms with E-state index in [1.54, 1.807) is 6.08 Å². The molecule has 9 N–H and O–H groups in total. The average molecular weight is 944 g/mol. The molecule has 0 aromatic heterocycles. The molecule has 1 amide bonds. The first kappa shape index (κ1) is 60.6. The SMILES string of the molecule is CCCCCCCCC/C=C/CC/C=C/C(O)C(COC1OC(CO)C(OC2OC(CO)C(O)C(O)C2O)C(O)C1O)NC(=O)CCCCCCCCCCCCCCCCCCCCC. The number of amides is 1. The van der Waals surface area contributed by atoms with E-state index in [0.717, 1.165) is 32.1 Å². The highest BCUT2D eigenvalue weighted by molar-refractivity contribution is 5.76. The number of rotatable bonds is 41. The predicted octanol–water partition coefficient (Wildman–Crippen LogP) is 7.33.